The van der Waals surface area contributed by atoms with Crippen LogP contribution in [0.25, 0.3) is 22.3 Å². The third-order valence-corrected chi connectivity index (χ3v) is 8.63. The number of imidazole rings is 2. The van der Waals surface area contributed by atoms with Crippen LogP contribution in [-0.4, -0.2) is 117 Å². The van der Waals surface area contributed by atoms with Gasteiger partial charge < -0.3 is 24.8 Å². The predicted molar refractivity (Wildman–Crippen MR) is 198 cm³/mol. The third-order valence-electron chi connectivity index (χ3n) is 8.36. The van der Waals surface area contributed by atoms with Crippen LogP contribution in [0, 0.1) is 26.7 Å². The van der Waals surface area contributed by atoms with E-state index in [1.165, 1.54) is 19.6 Å². The van der Waals surface area contributed by atoms with Gasteiger partial charge in [-0.05, 0) is 52.6 Å². The first-order valence-corrected chi connectivity index (χ1v) is 29.1. The molecule has 18 nitrogen and oxygen atoms in total. The molecule has 0 amide bonds. The number of hydrogen-bond donors (Lipinski definition) is 3. The van der Waals surface area contributed by atoms with Crippen molar-refractivity contribution < 1.29 is 80.9 Å². The summed E-state index contributed by atoms with van der Waals surface area (Å²) in [5.74, 6) is 0.0103. The first kappa shape index (κ1) is 46.7. The molecule has 8 atom stereocenters. The molecule has 0 aromatic carbocycles. The van der Waals surface area contributed by atoms with Crippen molar-refractivity contribution in [1.29, 1.82) is 0 Å². The van der Waals surface area contributed by atoms with E-state index in [1.54, 1.807) is 16.1 Å². The average molecular weight is 1140 g/mol. The fourth-order valence-corrected chi connectivity index (χ4v) is 6.36. The molecule has 2 fully saturated rings. The molecular weight excluding hydrogens is 1100 g/mol. The van der Waals surface area contributed by atoms with Crippen molar-refractivity contribution in [2.24, 2.45) is 5.92 Å². The van der Waals surface area contributed by atoms with Crippen LogP contribution in [0.15, 0.2) is 12.7 Å². The van der Waals surface area contributed by atoms with Crippen LogP contribution >= 0.6 is 48.8 Å². The van der Waals surface area contributed by atoms with E-state index in [9.17, 15) is 15.0 Å². The third kappa shape index (κ3) is 11.0. The zero-order chi connectivity index (χ0) is 38.1. The van der Waals surface area contributed by atoms with Crippen LogP contribution in [-0.2, 0) is 52.4 Å². The van der Waals surface area contributed by atoms with Gasteiger partial charge in [-0.25, -0.2) is 49.5 Å². The molecule has 23 heteroatoms. The molecule has 5 heterocycles. The molecule has 1 radical (unpaired) electrons. The number of fused-ring (bicyclic) bond motifs is 2. The Kier molecular flexibility index (Phi) is 19.7. The maximum atomic E-state index is 11.3. The van der Waals surface area contributed by atoms with Crippen LogP contribution in [0.5, 0.6) is 0 Å². The van der Waals surface area contributed by atoms with Crippen LogP contribution in [0.3, 0.4) is 0 Å². The zero-order valence-electron chi connectivity index (χ0n) is 29.5. The number of rotatable bonds is 11. The number of hydrogen-bond acceptors (Lipinski definition) is 16. The summed E-state index contributed by atoms with van der Waals surface area (Å²) in [6.07, 6.45) is -1.70. The van der Waals surface area contributed by atoms with Crippen molar-refractivity contribution in [2.75, 3.05) is 26.4 Å². The minimum Gasteiger partial charge on any atom is 0 e. The molecule has 295 valence electrons. The number of aromatic nitrogens is 8. The molecule has 1 aliphatic carbocycles. The maximum Gasteiger partial charge on any atom is 0 e. The van der Waals surface area contributed by atoms with Gasteiger partial charge in [-0.1, -0.05) is 0 Å². The fraction of sp³-hybridized carbons (Fsp3) is 0.633. The summed E-state index contributed by atoms with van der Waals surface area (Å²) in [6, 6.07) is -0.334. The monoisotopic (exact) mass is 1140 g/mol. The quantitative estimate of drug-likeness (QED) is 0.0609. The predicted octanol–water partition coefficient (Wildman–Crippen LogP) is 0.413. The second-order valence-corrected chi connectivity index (χ2v) is 28.2. The molecule has 1 aliphatic heterocycles. The van der Waals surface area contributed by atoms with E-state index in [-0.39, 0.29) is 55.0 Å². The molecule has 0 spiro atoms. The first-order chi connectivity index (χ1) is 24.9. The smallest absolute Gasteiger partial charge is 0 e. The molecule has 53 heavy (non-hydrogen) atoms. The SMILES string of the molecule is CCOO[C@@H]1[C@@H](COC(C)=O)CC(n2c(Cl)nc3c(C)ncnc32)[C@@H]1OOCC.Cc1ncnc2c1nc(C)n2C1O[C@H](CO)[C@@H](O)[C@H]1O.I[I-]I.[V]. The van der Waals surface area contributed by atoms with E-state index in [0.717, 1.165) is 11.4 Å². The number of nitrogens with zero attached hydrogens (tertiary/aromatic N) is 8. The number of carbonyl (C=O) groups excluding carboxylic acids is 1. The van der Waals surface area contributed by atoms with Crippen LogP contribution < -0.4 is 13.3 Å². The van der Waals surface area contributed by atoms with Gasteiger partial charge in [0.1, 0.15) is 60.0 Å². The molecule has 3 N–H and O–H groups in total. The van der Waals surface area contributed by atoms with Gasteiger partial charge >= 0.3 is 56.5 Å². The van der Waals surface area contributed by atoms with E-state index >= 15 is 0 Å². The summed E-state index contributed by atoms with van der Waals surface area (Å²) >= 11 is 11.8. The van der Waals surface area contributed by atoms with Gasteiger partial charge in [0, 0.05) is 31.4 Å². The number of aliphatic hydroxyl groups excluding tert-OH is 3. The topological polar surface area (TPSA) is 220 Å². The molecule has 1 saturated heterocycles. The van der Waals surface area contributed by atoms with Crippen molar-refractivity contribution >= 4 is 77.1 Å². The molecular formula is C30H41ClI3N8O10V-. The maximum absolute atomic E-state index is 11.3. The minimum atomic E-state index is -1.15. The fourth-order valence-electron chi connectivity index (χ4n) is 6.07. The van der Waals surface area contributed by atoms with Gasteiger partial charge in [0.15, 0.2) is 17.5 Å². The average Bonchev–Trinajstić information content (AvgIpc) is 3.83. The van der Waals surface area contributed by atoms with Crippen molar-refractivity contribution in [1.82, 2.24) is 39.0 Å². The summed E-state index contributed by atoms with van der Waals surface area (Å²) in [5.41, 5.74) is 3.80. The first-order valence-electron chi connectivity index (χ1n) is 16.1. The standard InChI is InChI=1S/C18H25ClN4O6.C12H16N4O4.I3.V/c1-5-26-28-15-12(8-25-11(4)24)7-13(16(15)29-27-6-2)23-17-14(22-18(23)19)10(3)20-9-21-17;1-5-8-11(14-4-13-5)16(6(2)15-8)12-10(19)9(18)7(3-17)20-12;1-3-2;/h9,12-13,15-16H,5-8H2,1-4H3;4,7,9-10,12,17-19H,3H2,1-2H3;;/q;;-1;/t12-,13?,15-,16+;7-,9-,10-,12?;;/m11../s1. The Bertz CT molecular complexity index is 1780. The number of ether oxygens (including phenoxy) is 2. The Balaban J connectivity index is 0.000000275. The van der Waals surface area contributed by atoms with E-state index in [1.807, 2.05) is 27.7 Å². The van der Waals surface area contributed by atoms with Gasteiger partial charge in [-0.2, -0.15) is 0 Å². The number of halogens is 4. The second kappa shape index (κ2) is 22.3. The van der Waals surface area contributed by atoms with Gasteiger partial charge in [-0.3, -0.25) is 13.9 Å². The van der Waals surface area contributed by atoms with Crippen LogP contribution in [0.2, 0.25) is 5.28 Å². The molecule has 4 aromatic heterocycles. The minimum absolute atomic E-state index is 0. The number of esters is 1. The Labute approximate surface area is 352 Å². The van der Waals surface area contributed by atoms with E-state index in [4.69, 9.17) is 45.7 Å². The number of carbonyl (C=O) groups is 1. The van der Waals surface area contributed by atoms with Crippen LogP contribution in [0.1, 0.15) is 56.7 Å². The van der Waals surface area contributed by atoms with Crippen LogP contribution in [0.4, 0.5) is 0 Å². The summed E-state index contributed by atoms with van der Waals surface area (Å²) in [7, 11) is 0. The molecule has 4 aromatic rings. The van der Waals surface area contributed by atoms with Gasteiger partial charge in [0.2, 0.25) is 5.28 Å². The van der Waals surface area contributed by atoms with Crippen molar-refractivity contribution in [3.8, 4) is 0 Å². The molecule has 2 unspecified atom stereocenters. The number of aryl methyl sites for hydroxylation is 3. The molecule has 6 rings (SSSR count). The summed E-state index contributed by atoms with van der Waals surface area (Å²) in [5, 5.41) is 29.4. The van der Waals surface area contributed by atoms with Gasteiger partial charge in [0.05, 0.1) is 43.9 Å². The summed E-state index contributed by atoms with van der Waals surface area (Å²) in [4.78, 5) is 58.6. The Morgan fingerprint density at radius 3 is 2.02 bits per heavy atom. The van der Waals surface area contributed by atoms with E-state index < -0.39 is 36.7 Å². The zero-order valence-corrected chi connectivity index (χ0v) is 38.2. The van der Waals surface area contributed by atoms with Crippen molar-refractivity contribution in [3.05, 3.63) is 35.2 Å². The van der Waals surface area contributed by atoms with E-state index in [0.29, 0.717) is 61.0 Å². The second-order valence-electron chi connectivity index (χ2n) is 11.6. The molecule has 2 aliphatic rings. The Morgan fingerprint density at radius 1 is 0.943 bits per heavy atom. The van der Waals surface area contributed by atoms with Crippen molar-refractivity contribution in [3.63, 3.8) is 0 Å². The Morgan fingerprint density at radius 2 is 1.49 bits per heavy atom. The summed E-state index contributed by atoms with van der Waals surface area (Å²) in [6.45, 7) is 10.9. The van der Waals surface area contributed by atoms with E-state index in [2.05, 4.69) is 67.1 Å². The summed E-state index contributed by atoms with van der Waals surface area (Å²) < 4.78 is 14.2. The normalized spacial score (nSPS) is 25.1. The van der Waals surface area contributed by atoms with Gasteiger partial charge in [-0.15, -0.1) is 0 Å². The van der Waals surface area contributed by atoms with Crippen molar-refractivity contribution in [2.45, 2.75) is 90.8 Å². The molecule has 1 saturated carbocycles. The Hall–Kier alpha value is -0.686. The number of aliphatic hydroxyl groups is 3. The largest absolute Gasteiger partial charge is 0 e. The van der Waals surface area contributed by atoms with Gasteiger partial charge in [0.25, 0.3) is 0 Å². The molecule has 0 bridgehead atoms.